The first kappa shape index (κ1) is 13.9. The van der Waals surface area contributed by atoms with Gasteiger partial charge in [-0.3, -0.25) is 10.1 Å². The average Bonchev–Trinajstić information content (AvgIpc) is 2.44. The molecule has 3 rings (SSSR count). The van der Waals surface area contributed by atoms with Gasteiger partial charge >= 0.3 is 0 Å². The van der Waals surface area contributed by atoms with Crippen LogP contribution in [0.5, 0.6) is 0 Å². The number of primary sulfonamides is 1. The van der Waals surface area contributed by atoms with Crippen LogP contribution in [0.2, 0.25) is 0 Å². The van der Waals surface area contributed by atoms with E-state index in [1.54, 1.807) is 12.1 Å². The number of rotatable bonds is 2. The van der Waals surface area contributed by atoms with Gasteiger partial charge in [-0.05, 0) is 35.5 Å². The van der Waals surface area contributed by atoms with Crippen LogP contribution in [0.1, 0.15) is 11.1 Å². The fraction of sp³-hybridized carbons (Fsp3) is 0.231. The van der Waals surface area contributed by atoms with Crippen LogP contribution in [0.15, 0.2) is 29.2 Å². The number of nitrogens with zero attached hydrogens (tertiary/aromatic N) is 1. The SMILES string of the molecule is NS(=O)(=O)c1cc2c(c3cccc([N+](=O)[O-])c13)CCNC2. The van der Waals surface area contributed by atoms with Crippen LogP contribution >= 0.6 is 0 Å². The summed E-state index contributed by atoms with van der Waals surface area (Å²) in [7, 11) is -4.05. The van der Waals surface area contributed by atoms with Crippen molar-refractivity contribution in [2.24, 2.45) is 5.14 Å². The zero-order chi connectivity index (χ0) is 15.2. The fourth-order valence-corrected chi connectivity index (χ4v) is 3.61. The lowest BCUT2D eigenvalue weighted by Crippen LogP contribution is -2.25. The van der Waals surface area contributed by atoms with Crippen molar-refractivity contribution in [1.29, 1.82) is 0 Å². The van der Waals surface area contributed by atoms with E-state index in [1.807, 2.05) is 0 Å². The van der Waals surface area contributed by atoms with Crippen LogP contribution in [0.25, 0.3) is 10.8 Å². The predicted octanol–water partition coefficient (Wildman–Crippen LogP) is 1.04. The lowest BCUT2D eigenvalue weighted by atomic mass is 9.93. The van der Waals surface area contributed by atoms with Gasteiger partial charge in [-0.15, -0.1) is 0 Å². The molecule has 0 fully saturated rings. The summed E-state index contributed by atoms with van der Waals surface area (Å²) in [6, 6.07) is 6.02. The van der Waals surface area contributed by atoms with E-state index in [2.05, 4.69) is 5.32 Å². The number of non-ortho nitro benzene ring substituents is 1. The number of sulfonamides is 1. The molecule has 3 N–H and O–H groups in total. The minimum atomic E-state index is -4.05. The van der Waals surface area contributed by atoms with Crippen molar-refractivity contribution in [1.82, 2.24) is 5.32 Å². The number of hydrogen-bond acceptors (Lipinski definition) is 5. The van der Waals surface area contributed by atoms with Gasteiger partial charge in [-0.1, -0.05) is 12.1 Å². The number of nitrogens with one attached hydrogen (secondary N) is 1. The maximum atomic E-state index is 11.8. The molecule has 8 heteroatoms. The lowest BCUT2D eigenvalue weighted by molar-refractivity contribution is -0.383. The van der Waals surface area contributed by atoms with Crippen molar-refractivity contribution in [2.75, 3.05) is 6.54 Å². The number of fused-ring (bicyclic) bond motifs is 3. The van der Waals surface area contributed by atoms with E-state index in [9.17, 15) is 18.5 Å². The third-order valence-corrected chi connectivity index (χ3v) is 4.61. The Morgan fingerprint density at radius 2 is 2.10 bits per heavy atom. The molecule has 2 aromatic carbocycles. The van der Waals surface area contributed by atoms with Gasteiger partial charge < -0.3 is 5.32 Å². The van der Waals surface area contributed by atoms with Gasteiger partial charge in [0, 0.05) is 12.6 Å². The molecule has 0 unspecified atom stereocenters. The van der Waals surface area contributed by atoms with Crippen LogP contribution in [-0.4, -0.2) is 19.9 Å². The third kappa shape index (κ3) is 2.27. The highest BCUT2D eigenvalue weighted by Crippen LogP contribution is 2.36. The van der Waals surface area contributed by atoms with Crippen molar-refractivity contribution in [3.63, 3.8) is 0 Å². The lowest BCUT2D eigenvalue weighted by Gasteiger charge is -2.20. The summed E-state index contributed by atoms with van der Waals surface area (Å²) < 4.78 is 23.7. The van der Waals surface area contributed by atoms with E-state index in [4.69, 9.17) is 5.14 Å². The number of nitro benzene ring substituents is 1. The second-order valence-electron chi connectivity index (χ2n) is 4.94. The highest BCUT2D eigenvalue weighted by molar-refractivity contribution is 7.89. The quantitative estimate of drug-likeness (QED) is 0.635. The van der Waals surface area contributed by atoms with Crippen molar-refractivity contribution >= 4 is 26.5 Å². The maximum Gasteiger partial charge on any atom is 0.278 e. The monoisotopic (exact) mass is 307 g/mol. The van der Waals surface area contributed by atoms with E-state index in [-0.39, 0.29) is 16.0 Å². The number of hydrogen-bond donors (Lipinski definition) is 2. The molecule has 0 atom stereocenters. The molecule has 7 nitrogen and oxygen atoms in total. The molecular formula is C13H13N3O4S. The van der Waals surface area contributed by atoms with Crippen LogP contribution in [0.3, 0.4) is 0 Å². The molecule has 0 saturated heterocycles. The fourth-order valence-electron chi connectivity index (χ4n) is 2.81. The molecule has 0 amide bonds. The van der Waals surface area contributed by atoms with E-state index in [0.717, 1.165) is 17.7 Å². The third-order valence-electron chi connectivity index (χ3n) is 3.68. The Balaban J connectivity index is 2.53. The van der Waals surface area contributed by atoms with E-state index < -0.39 is 14.9 Å². The Hall–Kier alpha value is -2.03. The van der Waals surface area contributed by atoms with Crippen molar-refractivity contribution in [2.45, 2.75) is 17.9 Å². The zero-order valence-corrected chi connectivity index (χ0v) is 11.8. The van der Waals surface area contributed by atoms with Gasteiger partial charge in [0.2, 0.25) is 10.0 Å². The Labute approximate surface area is 121 Å². The van der Waals surface area contributed by atoms with Crippen LogP contribution in [0.4, 0.5) is 5.69 Å². The summed E-state index contributed by atoms with van der Waals surface area (Å²) in [6.45, 7) is 1.27. The molecule has 0 aromatic heterocycles. The highest BCUT2D eigenvalue weighted by Gasteiger charge is 2.25. The molecule has 2 aromatic rings. The van der Waals surface area contributed by atoms with Gasteiger partial charge in [0.15, 0.2) is 0 Å². The minimum absolute atomic E-state index is 0.102. The Morgan fingerprint density at radius 1 is 1.33 bits per heavy atom. The van der Waals surface area contributed by atoms with E-state index >= 15 is 0 Å². The topological polar surface area (TPSA) is 115 Å². The smallest absolute Gasteiger partial charge is 0.278 e. The molecule has 1 heterocycles. The zero-order valence-electron chi connectivity index (χ0n) is 11.0. The van der Waals surface area contributed by atoms with Crippen LogP contribution in [0, 0.1) is 10.1 Å². The van der Waals surface area contributed by atoms with Crippen LogP contribution < -0.4 is 10.5 Å². The summed E-state index contributed by atoms with van der Waals surface area (Å²) in [4.78, 5) is 10.5. The molecule has 21 heavy (non-hydrogen) atoms. The van der Waals surface area contributed by atoms with Gasteiger partial charge in [0.25, 0.3) is 5.69 Å². The molecule has 0 aliphatic carbocycles. The summed E-state index contributed by atoms with van der Waals surface area (Å²) in [5.74, 6) is 0. The average molecular weight is 307 g/mol. The van der Waals surface area contributed by atoms with Gasteiger partial charge in [0.05, 0.1) is 15.2 Å². The number of benzene rings is 2. The highest BCUT2D eigenvalue weighted by atomic mass is 32.2. The molecule has 0 saturated carbocycles. The molecule has 0 bridgehead atoms. The van der Waals surface area contributed by atoms with Crippen molar-refractivity contribution in [3.05, 3.63) is 45.5 Å². The first-order valence-electron chi connectivity index (χ1n) is 6.35. The van der Waals surface area contributed by atoms with Gasteiger partial charge in [-0.25, -0.2) is 13.6 Å². The molecule has 0 spiro atoms. The second-order valence-corrected chi connectivity index (χ2v) is 6.47. The molecular weight excluding hydrogens is 294 g/mol. The molecule has 1 aliphatic rings. The first-order valence-corrected chi connectivity index (χ1v) is 7.89. The van der Waals surface area contributed by atoms with Gasteiger partial charge in [-0.2, -0.15) is 0 Å². The summed E-state index contributed by atoms with van der Waals surface area (Å²) in [6.07, 6.45) is 0.692. The Morgan fingerprint density at radius 3 is 2.76 bits per heavy atom. The van der Waals surface area contributed by atoms with E-state index in [1.165, 1.54) is 12.1 Å². The standard InChI is InChI=1S/C13H13N3O4S/c14-21(19,20)12-6-8-7-15-5-4-9(8)10-2-1-3-11(13(10)12)16(17)18/h1-3,6,15H,4-5,7H2,(H2,14,19,20). The Bertz CT molecular complexity index is 861. The molecule has 0 radical (unpaired) electrons. The normalized spacial score (nSPS) is 14.9. The first-order chi connectivity index (χ1) is 9.89. The summed E-state index contributed by atoms with van der Waals surface area (Å²) in [5, 5.41) is 20.3. The van der Waals surface area contributed by atoms with Crippen LogP contribution in [-0.2, 0) is 23.0 Å². The van der Waals surface area contributed by atoms with Gasteiger partial charge in [0.1, 0.15) is 0 Å². The summed E-state index contributed by atoms with van der Waals surface area (Å²) >= 11 is 0. The number of nitro groups is 1. The molecule has 1 aliphatic heterocycles. The summed E-state index contributed by atoms with van der Waals surface area (Å²) in [5.41, 5.74) is 1.52. The maximum absolute atomic E-state index is 11.8. The second kappa shape index (κ2) is 4.76. The minimum Gasteiger partial charge on any atom is -0.312 e. The van der Waals surface area contributed by atoms with Crippen molar-refractivity contribution < 1.29 is 13.3 Å². The van der Waals surface area contributed by atoms with E-state index in [0.29, 0.717) is 18.4 Å². The molecule has 110 valence electrons. The Kier molecular flexibility index (Phi) is 3.16. The predicted molar refractivity (Wildman–Crippen MR) is 77.4 cm³/mol. The largest absolute Gasteiger partial charge is 0.312 e. The van der Waals surface area contributed by atoms with Crippen molar-refractivity contribution in [3.8, 4) is 0 Å². The number of nitrogens with two attached hydrogens (primary N) is 1.